The molecule has 1 nitrogen and oxygen atoms in total. The number of hydrogen-bond donors (Lipinski definition) is 1. The van der Waals surface area contributed by atoms with Gasteiger partial charge in [-0.05, 0) is 44.0 Å². The molecule has 0 radical (unpaired) electrons. The minimum Gasteiger partial charge on any atom is -0.308 e. The van der Waals surface area contributed by atoms with Gasteiger partial charge in [0, 0.05) is 10.0 Å². The maximum Gasteiger partial charge on any atom is 0.0406 e. The number of halogens is 1. The summed E-state index contributed by atoms with van der Waals surface area (Å²) in [4.78, 5) is 0. The number of rotatable bonds is 1. The second-order valence-electron chi connectivity index (χ2n) is 4.23. The molecule has 1 heterocycles. The molecule has 1 aliphatic rings. The fraction of sp³-hybridized carbons (Fsp3) is 0.500. The molecule has 0 amide bonds. The van der Waals surface area contributed by atoms with Gasteiger partial charge in [0.25, 0.3) is 0 Å². The van der Waals surface area contributed by atoms with Gasteiger partial charge in [-0.25, -0.2) is 0 Å². The molecule has 2 heteroatoms. The van der Waals surface area contributed by atoms with E-state index in [1.807, 2.05) is 0 Å². The Bertz CT molecular complexity index is 316. The molecule has 1 N–H and O–H groups in total. The van der Waals surface area contributed by atoms with Crippen LogP contribution in [0.2, 0.25) is 0 Å². The summed E-state index contributed by atoms with van der Waals surface area (Å²) >= 11 is 3.53. The van der Waals surface area contributed by atoms with Crippen molar-refractivity contribution >= 4 is 15.9 Å². The van der Waals surface area contributed by atoms with Gasteiger partial charge in [0.1, 0.15) is 0 Å². The molecular weight excluding hydrogens is 238 g/mol. The van der Waals surface area contributed by atoms with Crippen molar-refractivity contribution in [1.82, 2.24) is 5.32 Å². The fourth-order valence-electron chi connectivity index (χ4n) is 2.13. The van der Waals surface area contributed by atoms with Crippen LogP contribution in [0.3, 0.4) is 0 Å². The molecule has 1 saturated heterocycles. The summed E-state index contributed by atoms with van der Waals surface area (Å²) in [5, 5.41) is 3.62. The summed E-state index contributed by atoms with van der Waals surface area (Å²) in [6.07, 6.45) is 3.88. The first-order valence-electron chi connectivity index (χ1n) is 5.22. The topological polar surface area (TPSA) is 12.0 Å². The normalized spacial score (nSPS) is 27.6. The lowest BCUT2D eigenvalue weighted by Gasteiger charge is -2.35. The monoisotopic (exact) mass is 253 g/mol. The summed E-state index contributed by atoms with van der Waals surface area (Å²) in [5.41, 5.74) is 1.58. The van der Waals surface area contributed by atoms with Crippen LogP contribution < -0.4 is 5.32 Å². The third-order valence-corrected chi connectivity index (χ3v) is 3.57. The lowest BCUT2D eigenvalue weighted by molar-refractivity contribution is 0.283. The van der Waals surface area contributed by atoms with Crippen LogP contribution in [0.1, 0.15) is 31.7 Å². The molecule has 0 spiro atoms. The number of hydrogen-bond acceptors (Lipinski definition) is 1. The van der Waals surface area contributed by atoms with Gasteiger partial charge < -0.3 is 5.32 Å². The van der Waals surface area contributed by atoms with E-state index in [0.29, 0.717) is 0 Å². The highest BCUT2D eigenvalue weighted by Crippen LogP contribution is 2.30. The Balaban J connectivity index is 2.28. The molecule has 1 unspecified atom stereocenters. The molecular formula is C12H16BrN. The molecule has 1 fully saturated rings. The smallest absolute Gasteiger partial charge is 0.0406 e. The Kier molecular flexibility index (Phi) is 2.93. The van der Waals surface area contributed by atoms with Crippen molar-refractivity contribution in [2.75, 3.05) is 6.54 Å². The summed E-state index contributed by atoms with van der Waals surface area (Å²) in [5.74, 6) is 0. The van der Waals surface area contributed by atoms with Crippen molar-refractivity contribution in [2.45, 2.75) is 31.7 Å². The molecule has 76 valence electrons. The van der Waals surface area contributed by atoms with Gasteiger partial charge in [0.05, 0.1) is 0 Å². The van der Waals surface area contributed by atoms with Gasteiger partial charge >= 0.3 is 0 Å². The highest BCUT2D eigenvalue weighted by Gasteiger charge is 2.27. The number of piperidine rings is 1. The predicted molar refractivity (Wildman–Crippen MR) is 63.3 cm³/mol. The summed E-state index contributed by atoms with van der Waals surface area (Å²) in [7, 11) is 0. The second-order valence-corrected chi connectivity index (χ2v) is 5.14. The highest BCUT2D eigenvalue weighted by molar-refractivity contribution is 9.10. The van der Waals surface area contributed by atoms with Crippen molar-refractivity contribution in [2.24, 2.45) is 0 Å². The Morgan fingerprint density at radius 1 is 1.36 bits per heavy atom. The summed E-state index contributed by atoms with van der Waals surface area (Å²) in [6, 6.07) is 8.62. The van der Waals surface area contributed by atoms with E-state index in [0.717, 1.165) is 6.54 Å². The van der Waals surface area contributed by atoms with Crippen LogP contribution in [0.5, 0.6) is 0 Å². The van der Waals surface area contributed by atoms with Crippen molar-refractivity contribution in [3.05, 3.63) is 34.3 Å². The summed E-state index contributed by atoms with van der Waals surface area (Å²) in [6.45, 7) is 3.44. The molecule has 1 aromatic rings. The largest absolute Gasteiger partial charge is 0.308 e. The molecule has 0 saturated carbocycles. The van der Waals surface area contributed by atoms with E-state index in [4.69, 9.17) is 0 Å². The summed E-state index contributed by atoms with van der Waals surface area (Å²) < 4.78 is 1.17. The van der Waals surface area contributed by atoms with Crippen LogP contribution in [0, 0.1) is 0 Å². The molecule has 14 heavy (non-hydrogen) atoms. The van der Waals surface area contributed by atoms with E-state index >= 15 is 0 Å². The van der Waals surface area contributed by atoms with E-state index in [9.17, 15) is 0 Å². The first-order chi connectivity index (χ1) is 6.71. The van der Waals surface area contributed by atoms with E-state index in [1.165, 1.54) is 29.3 Å². The zero-order chi connectivity index (χ0) is 10.0. The SMILES string of the molecule is CC1(c2cccc(Br)c2)CCCCN1. The van der Waals surface area contributed by atoms with Gasteiger partial charge in [0.2, 0.25) is 0 Å². The maximum atomic E-state index is 3.62. The maximum absolute atomic E-state index is 3.62. The lowest BCUT2D eigenvalue weighted by atomic mass is 9.84. The fourth-order valence-corrected chi connectivity index (χ4v) is 2.53. The quantitative estimate of drug-likeness (QED) is 0.809. The second kappa shape index (κ2) is 4.03. The average molecular weight is 254 g/mol. The minimum atomic E-state index is 0.183. The molecule has 1 atom stereocenters. The van der Waals surface area contributed by atoms with Gasteiger partial charge in [-0.3, -0.25) is 0 Å². The molecule has 1 aliphatic heterocycles. The highest BCUT2D eigenvalue weighted by atomic mass is 79.9. The van der Waals surface area contributed by atoms with Crippen LogP contribution in [0.25, 0.3) is 0 Å². The van der Waals surface area contributed by atoms with Gasteiger partial charge in [-0.1, -0.05) is 34.5 Å². The van der Waals surface area contributed by atoms with E-state index in [-0.39, 0.29) is 5.54 Å². The first kappa shape index (κ1) is 10.2. The third-order valence-electron chi connectivity index (χ3n) is 3.08. The van der Waals surface area contributed by atoms with Crippen LogP contribution in [0.4, 0.5) is 0 Å². The van der Waals surface area contributed by atoms with Crippen LogP contribution in [0.15, 0.2) is 28.7 Å². The molecule has 0 aromatic heterocycles. The zero-order valence-corrected chi connectivity index (χ0v) is 10.1. The van der Waals surface area contributed by atoms with Crippen LogP contribution >= 0.6 is 15.9 Å². The minimum absolute atomic E-state index is 0.183. The first-order valence-corrected chi connectivity index (χ1v) is 6.01. The molecule has 1 aromatic carbocycles. The van der Waals surface area contributed by atoms with Crippen molar-refractivity contribution < 1.29 is 0 Å². The van der Waals surface area contributed by atoms with Crippen molar-refractivity contribution in [3.63, 3.8) is 0 Å². The number of nitrogens with one attached hydrogen (secondary N) is 1. The Morgan fingerprint density at radius 2 is 2.21 bits per heavy atom. The Morgan fingerprint density at radius 3 is 2.86 bits per heavy atom. The van der Waals surface area contributed by atoms with Crippen LogP contribution in [-0.4, -0.2) is 6.54 Å². The lowest BCUT2D eigenvalue weighted by Crippen LogP contribution is -2.43. The average Bonchev–Trinajstić information content (AvgIpc) is 2.19. The third kappa shape index (κ3) is 2.01. The van der Waals surface area contributed by atoms with Gasteiger partial charge in [0.15, 0.2) is 0 Å². The zero-order valence-electron chi connectivity index (χ0n) is 8.52. The molecule has 0 bridgehead atoms. The predicted octanol–water partition coefficient (Wildman–Crippen LogP) is 3.44. The Hall–Kier alpha value is -0.340. The van der Waals surface area contributed by atoms with Gasteiger partial charge in [-0.2, -0.15) is 0 Å². The van der Waals surface area contributed by atoms with Crippen LogP contribution in [-0.2, 0) is 5.54 Å². The molecule has 0 aliphatic carbocycles. The van der Waals surface area contributed by atoms with E-state index < -0.39 is 0 Å². The van der Waals surface area contributed by atoms with E-state index in [2.05, 4.69) is 52.4 Å². The van der Waals surface area contributed by atoms with Gasteiger partial charge in [-0.15, -0.1) is 0 Å². The number of benzene rings is 1. The Labute approximate surface area is 94.0 Å². The van der Waals surface area contributed by atoms with Crippen molar-refractivity contribution in [3.8, 4) is 0 Å². The van der Waals surface area contributed by atoms with Crippen molar-refractivity contribution in [1.29, 1.82) is 0 Å². The standard InChI is InChI=1S/C12H16BrN/c1-12(7-2-3-8-14-12)10-5-4-6-11(13)9-10/h4-6,9,14H,2-3,7-8H2,1H3. The molecule has 2 rings (SSSR count). The van der Waals surface area contributed by atoms with E-state index in [1.54, 1.807) is 0 Å².